The van der Waals surface area contributed by atoms with Crippen LogP contribution in [0.5, 0.6) is 5.75 Å². The Kier molecular flexibility index (Phi) is 5.90. The molecule has 5 rings (SSSR count). The van der Waals surface area contributed by atoms with Gasteiger partial charge in [-0.05, 0) is 67.6 Å². The van der Waals surface area contributed by atoms with E-state index in [4.69, 9.17) is 21.4 Å². The molecule has 0 bridgehead atoms. The molecule has 1 aliphatic carbocycles. The van der Waals surface area contributed by atoms with Crippen LogP contribution in [0.1, 0.15) is 46.4 Å². The lowest BCUT2D eigenvalue weighted by molar-refractivity contribution is -0.144. The predicted octanol–water partition coefficient (Wildman–Crippen LogP) is 4.65. The van der Waals surface area contributed by atoms with E-state index in [1.165, 1.54) is 18.1 Å². The average molecular weight is 491 g/mol. The van der Waals surface area contributed by atoms with Crippen LogP contribution in [0.4, 0.5) is 0 Å². The first kappa shape index (κ1) is 22.9. The fourth-order valence-electron chi connectivity index (χ4n) is 4.47. The van der Waals surface area contributed by atoms with Crippen molar-refractivity contribution >= 4 is 34.5 Å². The van der Waals surface area contributed by atoms with Crippen molar-refractivity contribution in [2.75, 3.05) is 0 Å². The van der Waals surface area contributed by atoms with Crippen LogP contribution in [-0.4, -0.2) is 38.1 Å². The van der Waals surface area contributed by atoms with E-state index in [2.05, 4.69) is 27.8 Å². The third kappa shape index (κ3) is 4.21. The molecule has 1 heterocycles. The van der Waals surface area contributed by atoms with Gasteiger partial charge in [-0.1, -0.05) is 41.1 Å². The number of fused-ring (bicyclic) bond motifs is 2. The zero-order valence-corrected chi connectivity index (χ0v) is 19.9. The fourth-order valence-corrected chi connectivity index (χ4v) is 4.67. The number of halogens is 1. The molecule has 8 nitrogen and oxygen atoms in total. The summed E-state index contributed by atoms with van der Waals surface area (Å²) in [6, 6.07) is 16.5. The van der Waals surface area contributed by atoms with Gasteiger partial charge in [0.15, 0.2) is 6.10 Å². The zero-order valence-electron chi connectivity index (χ0n) is 19.2. The molecule has 2 atom stereocenters. The Morgan fingerprint density at radius 1 is 1.20 bits per heavy atom. The van der Waals surface area contributed by atoms with Gasteiger partial charge >= 0.3 is 5.97 Å². The van der Waals surface area contributed by atoms with Crippen LogP contribution in [-0.2, 0) is 11.2 Å². The molecule has 0 saturated heterocycles. The fraction of sp³-hybridized carbons (Fsp3) is 0.231. The number of nitrogens with one attached hydrogen (secondary N) is 1. The maximum absolute atomic E-state index is 13.2. The second-order valence-electron chi connectivity index (χ2n) is 8.58. The van der Waals surface area contributed by atoms with Gasteiger partial charge in [-0.3, -0.25) is 4.79 Å². The van der Waals surface area contributed by atoms with E-state index in [-0.39, 0.29) is 11.9 Å². The summed E-state index contributed by atoms with van der Waals surface area (Å²) in [5, 5.41) is 21.2. The maximum Gasteiger partial charge on any atom is 0.344 e. The number of carboxylic acid groups (broad SMARTS) is 1. The van der Waals surface area contributed by atoms with Crippen molar-refractivity contribution in [3.05, 3.63) is 81.9 Å². The summed E-state index contributed by atoms with van der Waals surface area (Å²) in [6.45, 7) is 3.29. The van der Waals surface area contributed by atoms with E-state index in [1.807, 2.05) is 19.1 Å². The Hall–Kier alpha value is -3.91. The highest BCUT2D eigenvalue weighted by Crippen LogP contribution is 2.32. The number of aliphatic carboxylic acids is 1. The third-order valence-corrected chi connectivity index (χ3v) is 6.68. The van der Waals surface area contributed by atoms with Gasteiger partial charge in [0.2, 0.25) is 0 Å². The lowest BCUT2D eigenvalue weighted by Gasteiger charge is -2.15. The molecule has 2 N–H and O–H groups in total. The highest BCUT2D eigenvalue weighted by atomic mass is 35.5. The van der Waals surface area contributed by atoms with Gasteiger partial charge in [0.05, 0.1) is 22.3 Å². The smallest absolute Gasteiger partial charge is 0.344 e. The summed E-state index contributed by atoms with van der Waals surface area (Å²) >= 11 is 6.42. The molecule has 0 aliphatic heterocycles. The van der Waals surface area contributed by atoms with E-state index in [0.29, 0.717) is 38.6 Å². The number of carbonyl (C=O) groups excluding carboxylic acids is 1. The van der Waals surface area contributed by atoms with Crippen LogP contribution in [0.3, 0.4) is 0 Å². The van der Waals surface area contributed by atoms with E-state index in [0.717, 1.165) is 12.8 Å². The molecule has 4 aromatic rings. The number of benzene rings is 3. The quantitative estimate of drug-likeness (QED) is 0.407. The molecule has 0 spiro atoms. The zero-order chi connectivity index (χ0) is 24.7. The van der Waals surface area contributed by atoms with Crippen molar-refractivity contribution in [2.24, 2.45) is 0 Å². The number of aromatic nitrogens is 3. The summed E-state index contributed by atoms with van der Waals surface area (Å²) in [7, 11) is 0. The minimum atomic E-state index is -1.07. The molecule has 178 valence electrons. The molecule has 3 aromatic carbocycles. The summed E-state index contributed by atoms with van der Waals surface area (Å²) in [6.07, 6.45) is 0.800. The summed E-state index contributed by atoms with van der Waals surface area (Å²) in [5.74, 6) is -0.889. The molecule has 0 radical (unpaired) electrons. The molecular weight excluding hydrogens is 468 g/mol. The van der Waals surface area contributed by atoms with Crippen LogP contribution in [0.2, 0.25) is 5.02 Å². The van der Waals surface area contributed by atoms with Crippen LogP contribution >= 0.6 is 11.6 Å². The van der Waals surface area contributed by atoms with Crippen LogP contribution in [0, 0.1) is 6.92 Å². The SMILES string of the molecule is Cc1c(C(=O)NC2CCc3ccccc32)ccc2c1nnn2-c1cc(OC(C)C(=O)O)ccc1Cl. The average Bonchev–Trinajstić information content (AvgIpc) is 3.45. The number of ether oxygens (including phenoxy) is 1. The van der Waals surface area contributed by atoms with Crippen molar-refractivity contribution in [1.29, 1.82) is 0 Å². The van der Waals surface area contributed by atoms with E-state index >= 15 is 0 Å². The van der Waals surface area contributed by atoms with E-state index < -0.39 is 12.1 Å². The Labute approximate surface area is 206 Å². The first-order chi connectivity index (χ1) is 16.8. The number of hydrogen-bond acceptors (Lipinski definition) is 5. The van der Waals surface area contributed by atoms with E-state index in [1.54, 1.807) is 35.0 Å². The van der Waals surface area contributed by atoms with Crippen LogP contribution < -0.4 is 10.1 Å². The van der Waals surface area contributed by atoms with Gasteiger partial charge in [0.25, 0.3) is 5.91 Å². The van der Waals surface area contributed by atoms with Crippen LogP contribution in [0.15, 0.2) is 54.6 Å². The first-order valence-electron chi connectivity index (χ1n) is 11.3. The largest absolute Gasteiger partial charge is 0.479 e. The topological polar surface area (TPSA) is 106 Å². The molecule has 0 saturated carbocycles. The predicted molar refractivity (Wildman–Crippen MR) is 131 cm³/mol. The molecule has 2 unspecified atom stereocenters. The number of hydrogen-bond donors (Lipinski definition) is 2. The first-order valence-corrected chi connectivity index (χ1v) is 11.6. The number of amides is 1. The highest BCUT2D eigenvalue weighted by Gasteiger charge is 2.25. The van der Waals surface area contributed by atoms with Gasteiger partial charge in [-0.15, -0.1) is 5.10 Å². The van der Waals surface area contributed by atoms with Crippen molar-refractivity contribution in [1.82, 2.24) is 20.3 Å². The Morgan fingerprint density at radius 3 is 2.80 bits per heavy atom. The molecule has 1 aliphatic rings. The minimum Gasteiger partial charge on any atom is -0.479 e. The van der Waals surface area contributed by atoms with E-state index in [9.17, 15) is 9.59 Å². The second kappa shape index (κ2) is 9.03. The van der Waals surface area contributed by atoms with Crippen molar-refractivity contribution in [3.63, 3.8) is 0 Å². The molecule has 9 heteroatoms. The monoisotopic (exact) mass is 490 g/mol. The molecular formula is C26H23ClN4O4. The number of carboxylic acids is 1. The van der Waals surface area contributed by atoms with Crippen LogP contribution in [0.25, 0.3) is 16.7 Å². The number of nitrogens with zero attached hydrogens (tertiary/aromatic N) is 3. The number of rotatable bonds is 6. The van der Waals surface area contributed by atoms with Gasteiger partial charge in [0, 0.05) is 11.6 Å². The van der Waals surface area contributed by atoms with Crippen molar-refractivity contribution < 1.29 is 19.4 Å². The Balaban J connectivity index is 1.45. The summed E-state index contributed by atoms with van der Waals surface area (Å²) in [4.78, 5) is 24.3. The lowest BCUT2D eigenvalue weighted by atomic mass is 10.0. The molecule has 1 aromatic heterocycles. The van der Waals surface area contributed by atoms with Gasteiger partial charge < -0.3 is 15.2 Å². The Bertz CT molecular complexity index is 1470. The third-order valence-electron chi connectivity index (χ3n) is 6.36. The van der Waals surface area contributed by atoms with Crippen molar-refractivity contribution in [3.8, 4) is 11.4 Å². The second-order valence-corrected chi connectivity index (χ2v) is 8.99. The van der Waals surface area contributed by atoms with Gasteiger partial charge in [-0.2, -0.15) is 0 Å². The normalized spacial score (nSPS) is 15.6. The highest BCUT2D eigenvalue weighted by molar-refractivity contribution is 6.32. The molecule has 0 fully saturated rings. The maximum atomic E-state index is 13.2. The van der Waals surface area contributed by atoms with Crippen molar-refractivity contribution in [2.45, 2.75) is 38.8 Å². The standard InChI is InChI=1S/C26H23ClN4O4/c1-14-18(25(32)28-21-11-7-16-5-3-4-6-19(16)21)9-12-22-24(14)29-30-31(22)23-13-17(8-10-20(23)27)35-15(2)26(33)34/h3-6,8-10,12-13,15,21H,7,11H2,1-2H3,(H,28,32)(H,33,34). The molecule has 35 heavy (non-hydrogen) atoms. The lowest BCUT2D eigenvalue weighted by Crippen LogP contribution is -2.27. The summed E-state index contributed by atoms with van der Waals surface area (Å²) < 4.78 is 7.02. The molecule has 1 amide bonds. The number of carbonyl (C=O) groups is 2. The number of aryl methyl sites for hydroxylation is 2. The van der Waals surface area contributed by atoms with Gasteiger partial charge in [0.1, 0.15) is 11.3 Å². The summed E-state index contributed by atoms with van der Waals surface area (Å²) in [5.41, 5.74) is 5.41. The minimum absolute atomic E-state index is 0.0146. The Morgan fingerprint density at radius 2 is 2.00 bits per heavy atom. The van der Waals surface area contributed by atoms with Gasteiger partial charge in [-0.25, -0.2) is 9.48 Å².